The Hall–Kier alpha value is -0.880. The van der Waals surface area contributed by atoms with E-state index in [1.54, 1.807) is 18.8 Å². The van der Waals surface area contributed by atoms with Crippen molar-refractivity contribution in [3.63, 3.8) is 0 Å². The van der Waals surface area contributed by atoms with Crippen molar-refractivity contribution < 1.29 is 4.74 Å². The number of ether oxygens (including phenoxy) is 1. The smallest absolute Gasteiger partial charge is 0.245 e. The van der Waals surface area contributed by atoms with Crippen LogP contribution in [0.15, 0.2) is 0 Å². The van der Waals surface area contributed by atoms with Crippen LogP contribution in [0.3, 0.4) is 0 Å². The van der Waals surface area contributed by atoms with Gasteiger partial charge in [-0.25, -0.2) is 4.68 Å². The highest BCUT2D eigenvalue weighted by molar-refractivity contribution is 6.21. The summed E-state index contributed by atoms with van der Waals surface area (Å²) < 4.78 is 6.53. The molecule has 7 heteroatoms. The first-order chi connectivity index (χ1) is 6.65. The van der Waals surface area contributed by atoms with Crippen molar-refractivity contribution in [1.29, 1.82) is 0 Å². The Kier molecular flexibility index (Phi) is 4.09. The first-order valence-corrected chi connectivity index (χ1v) is 4.65. The van der Waals surface area contributed by atoms with Crippen molar-refractivity contribution in [2.24, 2.45) is 7.05 Å². The van der Waals surface area contributed by atoms with Gasteiger partial charge in [-0.3, -0.25) is 0 Å². The van der Waals surface area contributed by atoms with E-state index in [0.717, 1.165) is 0 Å². The number of alkyl halides is 1. The van der Waals surface area contributed by atoms with Crippen molar-refractivity contribution in [1.82, 2.24) is 20.2 Å². The molecule has 0 aliphatic rings. The molecule has 0 aromatic carbocycles. The van der Waals surface area contributed by atoms with Gasteiger partial charge < -0.3 is 9.64 Å². The highest BCUT2D eigenvalue weighted by Crippen LogP contribution is 2.07. The zero-order valence-electron chi connectivity index (χ0n) is 8.51. The van der Waals surface area contributed by atoms with Gasteiger partial charge in [-0.1, -0.05) is 5.10 Å². The second kappa shape index (κ2) is 5.11. The minimum absolute atomic E-state index is 0.0679. The monoisotopic (exact) mass is 219 g/mol. The Morgan fingerprint density at radius 1 is 1.64 bits per heavy atom. The molecular weight excluding hydrogens is 206 g/mol. The quantitative estimate of drug-likeness (QED) is 0.648. The Morgan fingerprint density at radius 3 is 2.86 bits per heavy atom. The Bertz CT molecular complexity index is 279. The summed E-state index contributed by atoms with van der Waals surface area (Å²) in [6.07, 6.45) is 0. The van der Waals surface area contributed by atoms with Crippen LogP contribution in [0.25, 0.3) is 0 Å². The molecule has 0 saturated carbocycles. The number of tetrazole rings is 1. The molecule has 0 fully saturated rings. The highest BCUT2D eigenvalue weighted by atomic mass is 35.5. The molecule has 0 aliphatic carbocycles. The molecule has 0 N–H and O–H groups in total. The summed E-state index contributed by atoms with van der Waals surface area (Å²) >= 11 is 6.00. The molecule has 0 saturated heterocycles. The van der Waals surface area contributed by atoms with E-state index in [1.165, 1.54) is 0 Å². The van der Waals surface area contributed by atoms with Gasteiger partial charge in [0.05, 0.1) is 12.0 Å². The minimum atomic E-state index is -0.0679. The van der Waals surface area contributed by atoms with Crippen LogP contribution in [0.2, 0.25) is 0 Å². The number of hydrogen-bond acceptors (Lipinski definition) is 5. The lowest BCUT2D eigenvalue weighted by molar-refractivity contribution is 0.199. The Morgan fingerprint density at radius 2 is 2.36 bits per heavy atom. The molecule has 1 heterocycles. The van der Waals surface area contributed by atoms with Crippen LogP contribution in [0, 0.1) is 0 Å². The normalized spacial score (nSPS) is 12.9. The molecule has 0 amide bonds. The summed E-state index contributed by atoms with van der Waals surface area (Å²) in [5.41, 5.74) is 0. The van der Waals surface area contributed by atoms with Crippen molar-refractivity contribution >= 4 is 17.5 Å². The zero-order chi connectivity index (χ0) is 10.6. The lowest BCUT2D eigenvalue weighted by atomic mass is 10.4. The van der Waals surface area contributed by atoms with Crippen molar-refractivity contribution in [2.45, 2.75) is 5.38 Å². The van der Waals surface area contributed by atoms with E-state index < -0.39 is 0 Å². The van der Waals surface area contributed by atoms with Crippen LogP contribution < -0.4 is 4.90 Å². The number of anilines is 1. The average Bonchev–Trinajstić information content (AvgIpc) is 2.51. The fourth-order valence-corrected chi connectivity index (χ4v) is 1.49. The maximum Gasteiger partial charge on any atom is 0.245 e. The van der Waals surface area contributed by atoms with E-state index in [2.05, 4.69) is 15.5 Å². The Balaban J connectivity index is 2.50. The number of methoxy groups -OCH3 is 1. The van der Waals surface area contributed by atoms with Gasteiger partial charge in [0.15, 0.2) is 0 Å². The molecule has 1 unspecified atom stereocenters. The molecule has 14 heavy (non-hydrogen) atoms. The van der Waals surface area contributed by atoms with Crippen molar-refractivity contribution in [2.75, 3.05) is 32.2 Å². The number of rotatable bonds is 5. The van der Waals surface area contributed by atoms with Gasteiger partial charge in [0.25, 0.3) is 0 Å². The van der Waals surface area contributed by atoms with Crippen LogP contribution >= 0.6 is 11.6 Å². The van der Waals surface area contributed by atoms with Gasteiger partial charge in [0, 0.05) is 27.7 Å². The molecule has 0 aliphatic heterocycles. The molecule has 1 rings (SSSR count). The molecule has 0 radical (unpaired) electrons. The average molecular weight is 220 g/mol. The maximum absolute atomic E-state index is 6.00. The van der Waals surface area contributed by atoms with Crippen molar-refractivity contribution in [3.05, 3.63) is 0 Å². The number of aryl methyl sites for hydroxylation is 1. The summed E-state index contributed by atoms with van der Waals surface area (Å²) in [6, 6.07) is 0. The summed E-state index contributed by atoms with van der Waals surface area (Å²) in [4.78, 5) is 1.89. The second-order valence-corrected chi connectivity index (χ2v) is 3.65. The van der Waals surface area contributed by atoms with Gasteiger partial charge in [0.1, 0.15) is 0 Å². The molecule has 0 spiro atoms. The van der Waals surface area contributed by atoms with Crippen LogP contribution in [0.4, 0.5) is 5.95 Å². The van der Waals surface area contributed by atoms with E-state index >= 15 is 0 Å². The van der Waals surface area contributed by atoms with Crippen LogP contribution in [0.5, 0.6) is 0 Å². The van der Waals surface area contributed by atoms with Gasteiger partial charge >= 0.3 is 0 Å². The van der Waals surface area contributed by atoms with E-state index in [0.29, 0.717) is 19.1 Å². The number of hydrogen-bond donors (Lipinski definition) is 0. The second-order valence-electron chi connectivity index (χ2n) is 3.04. The first-order valence-electron chi connectivity index (χ1n) is 4.21. The van der Waals surface area contributed by atoms with E-state index in [4.69, 9.17) is 16.3 Å². The molecule has 1 aromatic rings. The van der Waals surface area contributed by atoms with Crippen LogP contribution in [-0.2, 0) is 11.8 Å². The molecular formula is C7H14ClN5O. The predicted octanol–water partition coefficient (Wildman–Crippen LogP) is -0.0999. The van der Waals surface area contributed by atoms with Gasteiger partial charge in [-0.15, -0.1) is 11.6 Å². The predicted molar refractivity (Wildman–Crippen MR) is 53.6 cm³/mol. The standard InChI is InChI=1S/C7H14ClN5O/c1-12(4-6(8)5-14-3)7-9-10-11-13(7)2/h6H,4-5H2,1-3H3. The SMILES string of the molecule is COCC(Cl)CN(C)c1nnnn1C. The maximum atomic E-state index is 6.00. The van der Waals surface area contributed by atoms with Crippen LogP contribution in [0.1, 0.15) is 0 Å². The lowest BCUT2D eigenvalue weighted by Crippen LogP contribution is -2.30. The van der Waals surface area contributed by atoms with E-state index in [9.17, 15) is 0 Å². The topological polar surface area (TPSA) is 56.1 Å². The third kappa shape index (κ3) is 2.81. The van der Waals surface area contributed by atoms with Gasteiger partial charge in [-0.2, -0.15) is 0 Å². The van der Waals surface area contributed by atoms with E-state index in [-0.39, 0.29) is 5.38 Å². The number of halogens is 1. The summed E-state index contributed by atoms with van der Waals surface area (Å²) in [5.74, 6) is 0.687. The first kappa shape index (κ1) is 11.2. The summed E-state index contributed by atoms with van der Waals surface area (Å²) in [5, 5.41) is 11.1. The van der Waals surface area contributed by atoms with Gasteiger partial charge in [0.2, 0.25) is 5.95 Å². The third-order valence-corrected chi connectivity index (χ3v) is 2.02. The minimum Gasteiger partial charge on any atom is -0.383 e. The largest absolute Gasteiger partial charge is 0.383 e. The van der Waals surface area contributed by atoms with Crippen molar-refractivity contribution in [3.8, 4) is 0 Å². The van der Waals surface area contributed by atoms with Crippen LogP contribution in [-0.4, -0.2) is 52.9 Å². The molecule has 6 nitrogen and oxygen atoms in total. The number of aromatic nitrogens is 4. The zero-order valence-corrected chi connectivity index (χ0v) is 9.27. The van der Waals surface area contributed by atoms with E-state index in [1.807, 2.05) is 11.9 Å². The molecule has 1 atom stereocenters. The fourth-order valence-electron chi connectivity index (χ4n) is 1.16. The summed E-state index contributed by atoms with van der Waals surface area (Å²) in [6.45, 7) is 1.15. The molecule has 1 aromatic heterocycles. The molecule has 80 valence electrons. The van der Waals surface area contributed by atoms with Gasteiger partial charge in [-0.05, 0) is 10.4 Å². The lowest BCUT2D eigenvalue weighted by Gasteiger charge is -2.19. The molecule has 0 bridgehead atoms. The highest BCUT2D eigenvalue weighted by Gasteiger charge is 2.12. The fraction of sp³-hybridized carbons (Fsp3) is 0.857. The summed E-state index contributed by atoms with van der Waals surface area (Å²) in [7, 11) is 5.29. The third-order valence-electron chi connectivity index (χ3n) is 1.76. The number of nitrogens with zero attached hydrogens (tertiary/aromatic N) is 5. The Labute approximate surface area is 87.8 Å².